The van der Waals surface area contributed by atoms with E-state index in [2.05, 4.69) is 29.3 Å². The number of carbonyl (C=O) groups excluding carboxylic acids is 1. The topological polar surface area (TPSA) is 54.5 Å². The molecule has 2 aliphatic rings. The molecule has 0 radical (unpaired) electrons. The van der Waals surface area contributed by atoms with Crippen molar-refractivity contribution in [1.29, 1.82) is 0 Å². The van der Waals surface area contributed by atoms with Crippen LogP contribution in [0.1, 0.15) is 37.5 Å². The number of aryl methyl sites for hydroxylation is 1. The second kappa shape index (κ2) is 9.16. The monoisotopic (exact) mass is 399 g/mol. The molecule has 0 aliphatic carbocycles. The molecule has 1 aromatic carbocycles. The Morgan fingerprint density at radius 1 is 1.25 bits per heavy atom. The van der Waals surface area contributed by atoms with Crippen LogP contribution < -0.4 is 5.32 Å². The standard InChI is InChI=1S/C22H29N3O2S/c1-2-19-20(17-7-4-3-5-8-17)23-22(28-19)24-21(26)18-9-6-12-25(18)15-16-10-13-27-14-11-16/h3-5,7-8,16,18H,2,6,9-15H2,1H3,(H,23,24,26). The van der Waals surface area contributed by atoms with E-state index in [1.54, 1.807) is 11.3 Å². The Balaban J connectivity index is 1.43. The van der Waals surface area contributed by atoms with Crippen LogP contribution in [0.2, 0.25) is 0 Å². The van der Waals surface area contributed by atoms with Gasteiger partial charge in [0.05, 0.1) is 11.7 Å². The molecule has 2 saturated heterocycles. The minimum Gasteiger partial charge on any atom is -0.381 e. The summed E-state index contributed by atoms with van der Waals surface area (Å²) in [6.07, 6.45) is 5.16. The van der Waals surface area contributed by atoms with Gasteiger partial charge in [-0.05, 0) is 44.6 Å². The molecule has 1 amide bonds. The summed E-state index contributed by atoms with van der Waals surface area (Å²) in [7, 11) is 0. The zero-order chi connectivity index (χ0) is 19.3. The van der Waals surface area contributed by atoms with Crippen LogP contribution in [0.15, 0.2) is 30.3 Å². The molecule has 2 fully saturated rings. The molecule has 1 aromatic heterocycles. The summed E-state index contributed by atoms with van der Waals surface area (Å²) in [5, 5.41) is 3.84. The Morgan fingerprint density at radius 2 is 2.04 bits per heavy atom. The first kappa shape index (κ1) is 19.6. The molecule has 150 valence electrons. The zero-order valence-electron chi connectivity index (χ0n) is 16.5. The lowest BCUT2D eigenvalue weighted by atomic mass is 9.99. The van der Waals surface area contributed by atoms with Crippen molar-refractivity contribution in [2.24, 2.45) is 5.92 Å². The number of likely N-dealkylation sites (tertiary alicyclic amines) is 1. The Kier molecular flexibility index (Phi) is 6.40. The number of anilines is 1. The van der Waals surface area contributed by atoms with Crippen molar-refractivity contribution in [1.82, 2.24) is 9.88 Å². The second-order valence-corrected chi connectivity index (χ2v) is 8.79. The Bertz CT molecular complexity index is 786. The fraction of sp³-hybridized carbons (Fsp3) is 0.545. The third-order valence-corrected chi connectivity index (χ3v) is 6.91. The van der Waals surface area contributed by atoms with E-state index in [4.69, 9.17) is 9.72 Å². The van der Waals surface area contributed by atoms with Crippen LogP contribution in [0.25, 0.3) is 11.3 Å². The highest BCUT2D eigenvalue weighted by molar-refractivity contribution is 7.16. The van der Waals surface area contributed by atoms with Crippen molar-refractivity contribution in [2.75, 3.05) is 31.6 Å². The van der Waals surface area contributed by atoms with E-state index in [0.717, 1.165) is 74.8 Å². The number of ether oxygens (including phenoxy) is 1. The van der Waals surface area contributed by atoms with Gasteiger partial charge in [0.25, 0.3) is 0 Å². The van der Waals surface area contributed by atoms with Gasteiger partial charge in [0.2, 0.25) is 5.91 Å². The maximum absolute atomic E-state index is 13.0. The normalized spacial score (nSPS) is 21.1. The largest absolute Gasteiger partial charge is 0.381 e. The van der Waals surface area contributed by atoms with Gasteiger partial charge in [0.15, 0.2) is 5.13 Å². The number of aromatic nitrogens is 1. The highest BCUT2D eigenvalue weighted by Crippen LogP contribution is 2.32. The van der Waals surface area contributed by atoms with Crippen molar-refractivity contribution >= 4 is 22.4 Å². The highest BCUT2D eigenvalue weighted by Gasteiger charge is 2.33. The van der Waals surface area contributed by atoms with Gasteiger partial charge in [-0.1, -0.05) is 37.3 Å². The molecule has 28 heavy (non-hydrogen) atoms. The first-order valence-corrected chi connectivity index (χ1v) is 11.2. The predicted molar refractivity (Wildman–Crippen MR) is 114 cm³/mol. The maximum Gasteiger partial charge on any atom is 0.243 e. The van der Waals surface area contributed by atoms with E-state index in [-0.39, 0.29) is 11.9 Å². The lowest BCUT2D eigenvalue weighted by molar-refractivity contribution is -0.120. The Labute approximate surface area is 171 Å². The third kappa shape index (κ3) is 4.45. The number of amides is 1. The SMILES string of the molecule is CCc1sc(NC(=O)C2CCCN2CC2CCOCC2)nc1-c1ccccc1. The first-order valence-electron chi connectivity index (χ1n) is 10.4. The van der Waals surface area contributed by atoms with E-state index >= 15 is 0 Å². The summed E-state index contributed by atoms with van der Waals surface area (Å²) in [5.41, 5.74) is 2.10. The summed E-state index contributed by atoms with van der Waals surface area (Å²) >= 11 is 1.60. The van der Waals surface area contributed by atoms with Crippen LogP contribution in [0, 0.1) is 5.92 Å². The minimum absolute atomic E-state index is 0.0306. The van der Waals surface area contributed by atoms with Crippen LogP contribution >= 0.6 is 11.3 Å². The van der Waals surface area contributed by atoms with Gasteiger partial charge in [-0.2, -0.15) is 0 Å². The van der Waals surface area contributed by atoms with E-state index < -0.39 is 0 Å². The van der Waals surface area contributed by atoms with Gasteiger partial charge in [0.1, 0.15) is 0 Å². The molecular formula is C22H29N3O2S. The molecule has 5 nitrogen and oxygen atoms in total. The fourth-order valence-electron chi connectivity index (χ4n) is 4.26. The summed E-state index contributed by atoms with van der Waals surface area (Å²) in [6.45, 7) is 5.88. The molecule has 1 atom stereocenters. The van der Waals surface area contributed by atoms with Gasteiger partial charge < -0.3 is 10.1 Å². The van der Waals surface area contributed by atoms with Gasteiger partial charge in [0, 0.05) is 30.2 Å². The zero-order valence-corrected chi connectivity index (χ0v) is 17.3. The summed E-state index contributed by atoms with van der Waals surface area (Å²) < 4.78 is 5.47. The lowest BCUT2D eigenvalue weighted by Crippen LogP contribution is -2.42. The van der Waals surface area contributed by atoms with Gasteiger partial charge in [-0.3, -0.25) is 9.69 Å². The minimum atomic E-state index is -0.0306. The van der Waals surface area contributed by atoms with Crippen molar-refractivity contribution in [3.8, 4) is 11.3 Å². The molecule has 2 aromatic rings. The predicted octanol–water partition coefficient (Wildman–Crippen LogP) is 4.20. The summed E-state index contributed by atoms with van der Waals surface area (Å²) in [5.74, 6) is 0.749. The number of benzene rings is 1. The number of nitrogens with one attached hydrogen (secondary N) is 1. The van der Waals surface area contributed by atoms with Crippen LogP contribution in [-0.4, -0.2) is 48.1 Å². The summed E-state index contributed by atoms with van der Waals surface area (Å²) in [4.78, 5) is 21.3. The molecule has 1 unspecified atom stereocenters. The van der Waals surface area contributed by atoms with Crippen molar-refractivity contribution in [3.63, 3.8) is 0 Å². The molecule has 0 bridgehead atoms. The number of carbonyl (C=O) groups is 1. The quantitative estimate of drug-likeness (QED) is 0.791. The average molecular weight is 400 g/mol. The van der Waals surface area contributed by atoms with E-state index in [1.165, 1.54) is 4.88 Å². The smallest absolute Gasteiger partial charge is 0.243 e. The number of thiazole rings is 1. The first-order chi connectivity index (χ1) is 13.7. The van der Waals surface area contributed by atoms with Gasteiger partial charge >= 0.3 is 0 Å². The van der Waals surface area contributed by atoms with Crippen LogP contribution in [-0.2, 0) is 16.0 Å². The summed E-state index contributed by atoms with van der Waals surface area (Å²) in [6, 6.07) is 10.2. The van der Waals surface area contributed by atoms with E-state index in [1.807, 2.05) is 18.2 Å². The molecule has 0 spiro atoms. The van der Waals surface area contributed by atoms with Gasteiger partial charge in [-0.15, -0.1) is 11.3 Å². The van der Waals surface area contributed by atoms with Crippen LogP contribution in [0.4, 0.5) is 5.13 Å². The van der Waals surface area contributed by atoms with Gasteiger partial charge in [-0.25, -0.2) is 4.98 Å². The number of hydrogen-bond donors (Lipinski definition) is 1. The molecule has 6 heteroatoms. The fourth-order valence-corrected chi connectivity index (χ4v) is 5.18. The molecular weight excluding hydrogens is 370 g/mol. The van der Waals surface area contributed by atoms with Crippen molar-refractivity contribution in [3.05, 3.63) is 35.2 Å². The molecule has 1 N–H and O–H groups in total. The lowest BCUT2D eigenvalue weighted by Gasteiger charge is -2.30. The maximum atomic E-state index is 13.0. The van der Waals surface area contributed by atoms with E-state index in [9.17, 15) is 4.79 Å². The van der Waals surface area contributed by atoms with Crippen LogP contribution in [0.5, 0.6) is 0 Å². The van der Waals surface area contributed by atoms with E-state index in [0.29, 0.717) is 5.92 Å². The number of hydrogen-bond acceptors (Lipinski definition) is 5. The van der Waals surface area contributed by atoms with Crippen LogP contribution in [0.3, 0.4) is 0 Å². The van der Waals surface area contributed by atoms with Crippen molar-refractivity contribution < 1.29 is 9.53 Å². The highest BCUT2D eigenvalue weighted by atomic mass is 32.1. The molecule has 0 saturated carbocycles. The average Bonchev–Trinajstić information content (AvgIpc) is 3.36. The number of nitrogens with zero attached hydrogens (tertiary/aromatic N) is 2. The Hall–Kier alpha value is -1.76. The Morgan fingerprint density at radius 3 is 2.79 bits per heavy atom. The van der Waals surface area contributed by atoms with Crippen molar-refractivity contribution in [2.45, 2.75) is 45.1 Å². The third-order valence-electron chi connectivity index (χ3n) is 5.80. The molecule has 3 heterocycles. The molecule has 2 aliphatic heterocycles. The molecule has 4 rings (SSSR count). The second-order valence-electron chi connectivity index (χ2n) is 7.71. The number of rotatable bonds is 6.